The second-order valence-electron chi connectivity index (χ2n) is 21.5. The molecule has 0 radical (unpaired) electrons. The molecule has 19 N–H and O–H groups in total. The molecule has 13 rings (SSSR count). The smallest absolute Gasteiger partial charge is 0.304 e. The van der Waals surface area contributed by atoms with Crippen LogP contribution in [-0.2, 0) is 21.7 Å². The third-order valence-corrected chi connectivity index (χ3v) is 16.7. The van der Waals surface area contributed by atoms with Gasteiger partial charge in [-0.25, -0.2) is 0 Å². The zero-order valence-electron chi connectivity index (χ0n) is 43.0. The van der Waals surface area contributed by atoms with Crippen LogP contribution in [0.4, 0.5) is 0 Å². The molecule has 0 spiro atoms. The summed E-state index contributed by atoms with van der Waals surface area (Å²) >= 11 is 0. The summed E-state index contributed by atoms with van der Waals surface area (Å²) in [4.78, 5) is 0. The highest BCUT2D eigenvalue weighted by Gasteiger charge is 2.66. The number of phenols is 14. The van der Waals surface area contributed by atoms with E-state index in [0.717, 1.165) is 78.9 Å². The van der Waals surface area contributed by atoms with Gasteiger partial charge in [-0.1, -0.05) is 18.2 Å². The largest absolute Gasteiger partial charge is 0.508 e. The third kappa shape index (κ3) is 7.78. The van der Waals surface area contributed by atoms with Crippen molar-refractivity contribution in [2.45, 2.75) is 78.8 Å². The standard InChI is InChI=1S/C60H50O24/c61-23-13-34(71)42-40(14-23)80-54(20-2-6-26(63)31(68)10-20)51(77)48(42)45-36(73)17-37(74)46-50-47-41(83-60(59(50)79,84-58(45)46)22-4-8-28(65)33(70)12-22)18-38(75)44-49(52(78)55(82-57(44)47)21-3-7-27(64)32(69)11-21)43-35(72)16-29(66)24-15-39(76)53(81-56(24)43)19-1-5-25(62)30(67)9-19/h1-14,16-18,38-39,47-55,59,61-79H,15H2. The summed E-state index contributed by atoms with van der Waals surface area (Å²) in [5, 5.41) is 218. The minimum atomic E-state index is -2.69. The molecule has 1 saturated heterocycles. The predicted octanol–water partition coefficient (Wildman–Crippen LogP) is 4.99. The molecular formula is C60H50O24. The fraction of sp³-hybridized carbons (Fsp3) is 0.233. The lowest BCUT2D eigenvalue weighted by Crippen LogP contribution is -2.60. The quantitative estimate of drug-likeness (QED) is 0.0975. The van der Waals surface area contributed by atoms with Gasteiger partial charge < -0.3 is 121 Å². The first-order valence-electron chi connectivity index (χ1n) is 26.0. The number of aliphatic hydroxyl groups is 5. The lowest BCUT2D eigenvalue weighted by molar-refractivity contribution is -0.274. The third-order valence-electron chi connectivity index (χ3n) is 16.7. The van der Waals surface area contributed by atoms with E-state index < -0.39 is 170 Å². The molecule has 5 aliphatic heterocycles. The van der Waals surface area contributed by atoms with Crippen LogP contribution >= 0.6 is 0 Å². The molecule has 0 amide bonds. The number of aromatic hydroxyl groups is 14. The van der Waals surface area contributed by atoms with Crippen molar-refractivity contribution in [2.75, 3.05) is 0 Å². The number of phenolic OH excluding ortho intramolecular Hbond substituents is 14. The van der Waals surface area contributed by atoms with Gasteiger partial charge in [-0.15, -0.1) is 0 Å². The predicted molar refractivity (Wildman–Crippen MR) is 282 cm³/mol. The van der Waals surface area contributed by atoms with Crippen LogP contribution in [0.25, 0.3) is 0 Å². The van der Waals surface area contributed by atoms with E-state index in [-0.39, 0.29) is 79.5 Å². The molecule has 24 nitrogen and oxygen atoms in total. The number of ether oxygens (including phenoxy) is 5. The maximum Gasteiger partial charge on any atom is 0.304 e. The average Bonchev–Trinajstić information content (AvgIpc) is 0.709. The summed E-state index contributed by atoms with van der Waals surface area (Å²) in [6.45, 7) is 0. The van der Waals surface area contributed by atoms with Crippen molar-refractivity contribution < 1.29 is 121 Å². The van der Waals surface area contributed by atoms with E-state index in [1.54, 1.807) is 0 Å². The summed E-state index contributed by atoms with van der Waals surface area (Å²) in [6.07, 6.45) is -13.4. The second-order valence-corrected chi connectivity index (χ2v) is 21.5. The van der Waals surface area contributed by atoms with E-state index in [0.29, 0.717) is 0 Å². The number of aliphatic hydroxyl groups excluding tert-OH is 5. The van der Waals surface area contributed by atoms with Gasteiger partial charge in [-0.05, 0) is 77.4 Å². The van der Waals surface area contributed by atoms with Crippen LogP contribution in [0.3, 0.4) is 0 Å². The van der Waals surface area contributed by atoms with Gasteiger partial charge in [0.2, 0.25) is 0 Å². The van der Waals surface area contributed by atoms with Crippen molar-refractivity contribution >= 4 is 0 Å². The SMILES string of the molecule is Oc1cc(O)c2c(c1)OC(c1ccc(O)c(O)c1)C(O)C2c1c(O)cc(O)c2c1OC1(c3ccc(O)c(O)c3)OC3=CC(O)C4=C(OC(c5ccc(O)c(O)c5)C(O)C4c4c(O)cc(O)c5c4OC(c4ccc(O)c(O)c4)C(O)C5)C3C2C1O. The van der Waals surface area contributed by atoms with Gasteiger partial charge in [-0.2, -0.15) is 0 Å². The van der Waals surface area contributed by atoms with Crippen LogP contribution in [-0.4, -0.2) is 128 Å². The maximum atomic E-state index is 13.3. The Kier molecular flexibility index (Phi) is 11.9. The van der Waals surface area contributed by atoms with E-state index >= 15 is 0 Å². The Morgan fingerprint density at radius 1 is 0.405 bits per heavy atom. The molecule has 13 atom stereocenters. The molecule has 1 aliphatic carbocycles. The van der Waals surface area contributed by atoms with Gasteiger partial charge in [0.1, 0.15) is 93.8 Å². The molecule has 2 bridgehead atoms. The Balaban J connectivity index is 1.06. The molecule has 84 heavy (non-hydrogen) atoms. The lowest BCUT2D eigenvalue weighted by atomic mass is 9.65. The number of fused-ring (bicyclic) bond motifs is 9. The van der Waals surface area contributed by atoms with Crippen LogP contribution in [0.5, 0.6) is 97.7 Å². The summed E-state index contributed by atoms with van der Waals surface area (Å²) in [6, 6.07) is 17.3. The fourth-order valence-electron chi connectivity index (χ4n) is 12.9. The molecule has 13 unspecified atom stereocenters. The molecule has 6 aliphatic rings. The molecule has 1 fully saturated rings. The minimum Gasteiger partial charge on any atom is -0.508 e. The highest BCUT2D eigenvalue weighted by molar-refractivity contribution is 5.69. The summed E-state index contributed by atoms with van der Waals surface area (Å²) in [7, 11) is 0. The van der Waals surface area contributed by atoms with Gasteiger partial charge in [0.15, 0.2) is 58.2 Å². The van der Waals surface area contributed by atoms with Crippen molar-refractivity contribution in [1.29, 1.82) is 0 Å². The van der Waals surface area contributed by atoms with Gasteiger partial charge in [0.05, 0.1) is 17.9 Å². The number of hydrogen-bond donors (Lipinski definition) is 19. The van der Waals surface area contributed by atoms with Gasteiger partial charge in [-0.3, -0.25) is 0 Å². The van der Waals surface area contributed by atoms with Crippen molar-refractivity contribution in [3.05, 3.63) is 170 Å². The van der Waals surface area contributed by atoms with Gasteiger partial charge >= 0.3 is 5.79 Å². The topological polar surface area (TPSA) is 431 Å². The van der Waals surface area contributed by atoms with Crippen LogP contribution in [0, 0.1) is 5.92 Å². The van der Waals surface area contributed by atoms with E-state index in [9.17, 15) is 97.0 Å². The van der Waals surface area contributed by atoms with Crippen LogP contribution in [0.15, 0.2) is 120 Å². The molecule has 434 valence electrons. The van der Waals surface area contributed by atoms with Crippen LogP contribution in [0.2, 0.25) is 0 Å². The summed E-state index contributed by atoms with van der Waals surface area (Å²) in [5.74, 6) is -20.6. The number of rotatable bonds is 6. The Labute approximate surface area is 472 Å². The van der Waals surface area contributed by atoms with Crippen molar-refractivity contribution in [2.24, 2.45) is 5.92 Å². The Bertz CT molecular complexity index is 4010. The molecule has 5 heterocycles. The Hall–Kier alpha value is -9.98. The van der Waals surface area contributed by atoms with Crippen molar-refractivity contribution in [3.8, 4) is 97.7 Å². The first kappa shape index (κ1) is 53.3. The summed E-state index contributed by atoms with van der Waals surface area (Å²) in [5.41, 5.74) is -2.03. The molecule has 7 aromatic carbocycles. The normalized spacial score (nSPS) is 28.0. The van der Waals surface area contributed by atoms with E-state index in [1.165, 1.54) is 24.3 Å². The van der Waals surface area contributed by atoms with Gasteiger partial charge in [0.25, 0.3) is 0 Å². The molecule has 7 aromatic rings. The zero-order valence-corrected chi connectivity index (χ0v) is 43.0. The number of benzene rings is 7. The van der Waals surface area contributed by atoms with E-state index in [4.69, 9.17) is 23.7 Å². The van der Waals surface area contributed by atoms with E-state index in [1.807, 2.05) is 0 Å². The van der Waals surface area contributed by atoms with Gasteiger partial charge in [0, 0.05) is 81.5 Å². The first-order chi connectivity index (χ1) is 40.0. The minimum absolute atomic E-state index is 0.0198. The number of hydrogen-bond acceptors (Lipinski definition) is 24. The van der Waals surface area contributed by atoms with E-state index in [2.05, 4.69) is 0 Å². The first-order valence-corrected chi connectivity index (χ1v) is 26.0. The average molecular weight is 1160 g/mol. The Morgan fingerprint density at radius 3 is 1.51 bits per heavy atom. The van der Waals surface area contributed by atoms with Crippen LogP contribution in [0.1, 0.15) is 86.1 Å². The Morgan fingerprint density at radius 2 is 0.917 bits per heavy atom. The lowest BCUT2D eigenvalue weighted by Gasteiger charge is -2.56. The highest BCUT2D eigenvalue weighted by atomic mass is 16.7. The maximum absolute atomic E-state index is 13.3. The fourth-order valence-corrected chi connectivity index (χ4v) is 12.9. The van der Waals surface area contributed by atoms with Crippen LogP contribution < -0.4 is 14.2 Å². The highest BCUT2D eigenvalue weighted by Crippen LogP contribution is 2.67. The second kappa shape index (κ2) is 18.8. The molecule has 24 heteroatoms. The molecule has 0 aromatic heterocycles. The van der Waals surface area contributed by atoms with Crippen molar-refractivity contribution in [1.82, 2.24) is 0 Å². The molecule has 0 saturated carbocycles. The van der Waals surface area contributed by atoms with Crippen molar-refractivity contribution in [3.63, 3.8) is 0 Å². The zero-order chi connectivity index (χ0) is 59.4. The summed E-state index contributed by atoms with van der Waals surface area (Å²) < 4.78 is 33.0. The molecular weight excluding hydrogens is 1100 g/mol. The monoisotopic (exact) mass is 1150 g/mol.